The Labute approximate surface area is 207 Å². The van der Waals surface area contributed by atoms with Crippen LogP contribution < -0.4 is 5.32 Å². The molecular formula is C25H26N6O3S. The van der Waals surface area contributed by atoms with E-state index in [4.69, 9.17) is 4.74 Å². The van der Waals surface area contributed by atoms with Crippen LogP contribution in [0.1, 0.15) is 18.3 Å². The Morgan fingerprint density at radius 1 is 1.03 bits per heavy atom. The zero-order valence-electron chi connectivity index (χ0n) is 19.9. The van der Waals surface area contributed by atoms with Crippen molar-refractivity contribution in [3.05, 3.63) is 72.1 Å². The van der Waals surface area contributed by atoms with Crippen LogP contribution in [0.2, 0.25) is 0 Å². The second-order valence-electron chi connectivity index (χ2n) is 7.92. The number of benzene rings is 2. The lowest BCUT2D eigenvalue weighted by Gasteiger charge is -2.14. The molecule has 0 aliphatic carbocycles. The summed E-state index contributed by atoms with van der Waals surface area (Å²) in [7, 11) is 1.80. The molecule has 0 bridgehead atoms. The average Bonchev–Trinajstić information content (AvgIpc) is 3.39. The van der Waals surface area contributed by atoms with Crippen molar-refractivity contribution in [1.82, 2.24) is 24.5 Å². The summed E-state index contributed by atoms with van der Waals surface area (Å²) >= 11 is 1.20. The molecule has 0 aliphatic heterocycles. The van der Waals surface area contributed by atoms with E-state index in [2.05, 4.69) is 20.6 Å². The molecule has 10 heteroatoms. The van der Waals surface area contributed by atoms with Gasteiger partial charge < -0.3 is 10.1 Å². The van der Waals surface area contributed by atoms with Gasteiger partial charge in [-0.2, -0.15) is 5.10 Å². The molecule has 0 fully saturated rings. The molecule has 0 aliphatic rings. The molecule has 1 unspecified atom stereocenters. The van der Waals surface area contributed by atoms with Crippen molar-refractivity contribution in [3.63, 3.8) is 0 Å². The van der Waals surface area contributed by atoms with Crippen LogP contribution in [-0.4, -0.2) is 48.3 Å². The summed E-state index contributed by atoms with van der Waals surface area (Å²) < 4.78 is 8.96. The van der Waals surface area contributed by atoms with E-state index in [1.54, 1.807) is 18.7 Å². The molecule has 180 valence electrons. The van der Waals surface area contributed by atoms with Crippen molar-refractivity contribution in [2.24, 2.45) is 7.05 Å². The molecule has 1 amide bonds. The van der Waals surface area contributed by atoms with E-state index < -0.39 is 18.0 Å². The number of carbonyl (C=O) groups excluding carboxylic acids is 2. The highest BCUT2D eigenvalue weighted by Gasteiger charge is 2.22. The predicted octanol–water partition coefficient (Wildman–Crippen LogP) is 3.95. The number of aryl methyl sites for hydroxylation is 2. The maximum absolute atomic E-state index is 12.6. The monoisotopic (exact) mass is 490 g/mol. The molecule has 1 atom stereocenters. The van der Waals surface area contributed by atoms with Crippen molar-refractivity contribution in [2.45, 2.75) is 32.0 Å². The van der Waals surface area contributed by atoms with Gasteiger partial charge in [0.15, 0.2) is 17.1 Å². The standard InChI is InChI=1S/C25H26N6O3S/c1-16-22(17(2)30(4)29-16)26-24(33)18(3)34-21(32)15-35-25-28-27-23(19-11-7-5-8-12-19)31(25)20-13-9-6-10-14-20/h5-14,18H,15H2,1-4H3,(H,26,33). The molecule has 2 heterocycles. The number of thioether (sulfide) groups is 1. The van der Waals surface area contributed by atoms with Gasteiger partial charge in [-0.15, -0.1) is 10.2 Å². The van der Waals surface area contributed by atoms with Crippen molar-refractivity contribution < 1.29 is 14.3 Å². The molecule has 35 heavy (non-hydrogen) atoms. The first-order valence-corrected chi connectivity index (χ1v) is 12.0. The molecule has 9 nitrogen and oxygen atoms in total. The quantitative estimate of drug-likeness (QED) is 0.295. The summed E-state index contributed by atoms with van der Waals surface area (Å²) in [5, 5.41) is 16.3. The minimum Gasteiger partial charge on any atom is -0.452 e. The van der Waals surface area contributed by atoms with Gasteiger partial charge in [-0.1, -0.05) is 60.3 Å². The number of esters is 1. The largest absolute Gasteiger partial charge is 0.452 e. The number of hydrogen-bond acceptors (Lipinski definition) is 7. The van der Waals surface area contributed by atoms with Crippen LogP contribution in [0, 0.1) is 13.8 Å². The van der Waals surface area contributed by atoms with E-state index in [9.17, 15) is 9.59 Å². The normalized spacial score (nSPS) is 11.8. The second-order valence-corrected chi connectivity index (χ2v) is 8.87. The van der Waals surface area contributed by atoms with Gasteiger partial charge in [0.1, 0.15) is 0 Å². The zero-order chi connectivity index (χ0) is 24.9. The lowest BCUT2D eigenvalue weighted by atomic mass is 10.2. The Morgan fingerprint density at radius 2 is 1.69 bits per heavy atom. The van der Waals surface area contributed by atoms with Crippen LogP contribution in [0.4, 0.5) is 5.69 Å². The van der Waals surface area contributed by atoms with Gasteiger partial charge in [-0.05, 0) is 32.9 Å². The zero-order valence-corrected chi connectivity index (χ0v) is 20.7. The first kappa shape index (κ1) is 24.2. The first-order chi connectivity index (χ1) is 16.8. The van der Waals surface area contributed by atoms with Gasteiger partial charge in [-0.25, -0.2) is 0 Å². The fraction of sp³-hybridized carbons (Fsp3) is 0.240. The number of ether oxygens (including phenoxy) is 1. The number of rotatable bonds is 8. The second kappa shape index (κ2) is 10.6. The van der Waals surface area contributed by atoms with Gasteiger partial charge >= 0.3 is 5.97 Å². The lowest BCUT2D eigenvalue weighted by molar-refractivity contribution is -0.150. The molecule has 4 aromatic rings. The fourth-order valence-corrected chi connectivity index (χ4v) is 4.27. The van der Waals surface area contributed by atoms with Crippen molar-refractivity contribution in [1.29, 1.82) is 0 Å². The van der Waals surface area contributed by atoms with Crippen molar-refractivity contribution in [3.8, 4) is 17.1 Å². The van der Waals surface area contributed by atoms with Crippen LogP contribution in [-0.2, 0) is 21.4 Å². The van der Waals surface area contributed by atoms with E-state index in [0.29, 0.717) is 22.4 Å². The third-order valence-corrected chi connectivity index (χ3v) is 6.34. The van der Waals surface area contributed by atoms with E-state index >= 15 is 0 Å². The van der Waals surface area contributed by atoms with E-state index in [-0.39, 0.29) is 5.75 Å². The molecule has 1 N–H and O–H groups in total. The summed E-state index contributed by atoms with van der Waals surface area (Å²) in [4.78, 5) is 25.1. The van der Waals surface area contributed by atoms with Crippen LogP contribution in [0.5, 0.6) is 0 Å². The summed E-state index contributed by atoms with van der Waals surface area (Å²) in [6, 6.07) is 19.4. The Hall–Kier alpha value is -3.92. The molecule has 0 spiro atoms. The smallest absolute Gasteiger partial charge is 0.317 e. The van der Waals surface area contributed by atoms with Crippen LogP contribution in [0.25, 0.3) is 17.1 Å². The predicted molar refractivity (Wildman–Crippen MR) is 134 cm³/mol. The molecule has 2 aromatic heterocycles. The molecule has 4 rings (SSSR count). The first-order valence-electron chi connectivity index (χ1n) is 11.0. The SMILES string of the molecule is Cc1nn(C)c(C)c1NC(=O)C(C)OC(=O)CSc1nnc(-c2ccccc2)n1-c1ccccc1. The molecule has 0 saturated heterocycles. The Morgan fingerprint density at radius 3 is 2.31 bits per heavy atom. The minimum atomic E-state index is -0.964. The van der Waals surface area contributed by atoms with Gasteiger partial charge in [0.05, 0.1) is 22.8 Å². The third-order valence-electron chi connectivity index (χ3n) is 5.43. The van der Waals surface area contributed by atoms with Crippen LogP contribution in [0.3, 0.4) is 0 Å². The Kier molecular flexibility index (Phi) is 7.31. The number of carbonyl (C=O) groups is 2. The van der Waals surface area contributed by atoms with Gasteiger partial charge in [0.2, 0.25) is 0 Å². The van der Waals surface area contributed by atoms with Crippen molar-refractivity contribution >= 4 is 29.3 Å². The lowest BCUT2D eigenvalue weighted by Crippen LogP contribution is -2.31. The number of para-hydroxylation sites is 1. The Balaban J connectivity index is 1.44. The highest BCUT2D eigenvalue weighted by Crippen LogP contribution is 2.28. The molecule has 0 saturated carbocycles. The highest BCUT2D eigenvalue weighted by atomic mass is 32.2. The number of aromatic nitrogens is 5. The fourth-order valence-electron chi connectivity index (χ4n) is 3.53. The number of nitrogens with zero attached hydrogens (tertiary/aromatic N) is 5. The van der Waals surface area contributed by atoms with E-state index in [0.717, 1.165) is 16.9 Å². The van der Waals surface area contributed by atoms with Crippen LogP contribution >= 0.6 is 11.8 Å². The maximum Gasteiger partial charge on any atom is 0.317 e. The number of amides is 1. The Bertz CT molecular complexity index is 1330. The third kappa shape index (κ3) is 5.43. The van der Waals surface area contributed by atoms with Crippen LogP contribution in [0.15, 0.2) is 65.8 Å². The minimum absolute atomic E-state index is 0.0255. The molecule has 0 radical (unpaired) electrons. The van der Waals surface area contributed by atoms with E-state index in [1.807, 2.05) is 79.1 Å². The summed E-state index contributed by atoms with van der Waals surface area (Å²) in [5.41, 5.74) is 3.92. The number of anilines is 1. The van der Waals surface area contributed by atoms with Crippen molar-refractivity contribution in [2.75, 3.05) is 11.1 Å². The molecular weight excluding hydrogens is 464 g/mol. The summed E-state index contributed by atoms with van der Waals surface area (Å²) in [6.07, 6.45) is -0.964. The topological polar surface area (TPSA) is 104 Å². The van der Waals surface area contributed by atoms with Gasteiger partial charge in [0, 0.05) is 18.3 Å². The van der Waals surface area contributed by atoms with Gasteiger partial charge in [-0.3, -0.25) is 18.8 Å². The highest BCUT2D eigenvalue weighted by molar-refractivity contribution is 7.99. The summed E-state index contributed by atoms with van der Waals surface area (Å²) in [5.74, 6) is -0.298. The average molecular weight is 491 g/mol. The number of nitrogens with one attached hydrogen (secondary N) is 1. The molecule has 2 aromatic carbocycles. The maximum atomic E-state index is 12.6. The van der Waals surface area contributed by atoms with Gasteiger partial charge in [0.25, 0.3) is 5.91 Å². The van der Waals surface area contributed by atoms with E-state index in [1.165, 1.54) is 11.8 Å². The summed E-state index contributed by atoms with van der Waals surface area (Å²) in [6.45, 7) is 5.21. The number of hydrogen-bond donors (Lipinski definition) is 1.